The van der Waals surface area contributed by atoms with E-state index in [1.54, 1.807) is 30.7 Å². The Morgan fingerprint density at radius 2 is 1.97 bits per heavy atom. The Hall–Kier alpha value is -4.31. The second-order valence-corrected chi connectivity index (χ2v) is 7.13. The predicted molar refractivity (Wildman–Crippen MR) is 118 cm³/mol. The summed E-state index contributed by atoms with van der Waals surface area (Å²) in [5.74, 6) is 0.615. The zero-order valence-electron chi connectivity index (χ0n) is 16.7. The van der Waals surface area contributed by atoms with E-state index in [0.29, 0.717) is 28.0 Å². The third-order valence-corrected chi connectivity index (χ3v) is 5.12. The van der Waals surface area contributed by atoms with Crippen molar-refractivity contribution in [3.05, 3.63) is 78.0 Å². The largest absolute Gasteiger partial charge is 0.496 e. The second kappa shape index (κ2) is 8.08. The number of carbonyl (C=O) groups is 1. The number of benzene rings is 2. The van der Waals surface area contributed by atoms with Crippen LogP contribution in [0.15, 0.2) is 67.4 Å². The Kier molecular flexibility index (Phi) is 4.96. The number of tetrazole rings is 1. The van der Waals surface area contributed by atoms with E-state index >= 15 is 0 Å². The van der Waals surface area contributed by atoms with Gasteiger partial charge in [-0.1, -0.05) is 23.7 Å². The van der Waals surface area contributed by atoms with Crippen molar-refractivity contribution in [3.63, 3.8) is 0 Å². The lowest BCUT2D eigenvalue weighted by Gasteiger charge is -2.12. The fraction of sp³-hybridized carbons (Fsp3) is 0.0476. The maximum absolute atomic E-state index is 12.9. The van der Waals surface area contributed by atoms with Crippen LogP contribution in [-0.4, -0.2) is 47.8 Å². The van der Waals surface area contributed by atoms with Crippen LogP contribution in [0.25, 0.3) is 22.5 Å². The number of halogens is 1. The van der Waals surface area contributed by atoms with E-state index in [9.17, 15) is 4.79 Å². The Labute approximate surface area is 186 Å². The van der Waals surface area contributed by atoms with Gasteiger partial charge < -0.3 is 10.1 Å². The van der Waals surface area contributed by atoms with Crippen LogP contribution in [0.5, 0.6) is 5.75 Å². The van der Waals surface area contributed by atoms with Gasteiger partial charge in [0.15, 0.2) is 0 Å². The molecule has 0 unspecified atom stereocenters. The van der Waals surface area contributed by atoms with Crippen LogP contribution in [0.1, 0.15) is 10.4 Å². The summed E-state index contributed by atoms with van der Waals surface area (Å²) in [4.78, 5) is 21.7. The average molecular weight is 447 g/mol. The number of rotatable bonds is 5. The lowest BCUT2D eigenvalue weighted by molar-refractivity contribution is 0.102. The molecule has 3 aromatic heterocycles. The van der Waals surface area contributed by atoms with Crippen LogP contribution < -0.4 is 10.1 Å². The summed E-state index contributed by atoms with van der Waals surface area (Å²) >= 11 is 6.35. The normalized spacial score (nSPS) is 10.9. The molecule has 0 bridgehead atoms. The molecule has 0 saturated carbocycles. The van der Waals surface area contributed by atoms with Gasteiger partial charge in [0.2, 0.25) is 0 Å². The average Bonchev–Trinajstić information content (AvgIpc) is 3.50. The molecule has 5 rings (SSSR count). The number of aromatic nitrogens is 7. The van der Waals surface area contributed by atoms with Gasteiger partial charge in [-0.25, -0.2) is 9.97 Å². The molecule has 1 N–H and O–H groups in total. The molecule has 11 heteroatoms. The first-order valence-corrected chi connectivity index (χ1v) is 9.82. The maximum Gasteiger partial charge on any atom is 0.259 e. The third-order valence-electron chi connectivity index (χ3n) is 4.82. The van der Waals surface area contributed by atoms with Crippen LogP contribution in [0.4, 0.5) is 5.69 Å². The minimum absolute atomic E-state index is 0.263. The fourth-order valence-electron chi connectivity index (χ4n) is 3.28. The Morgan fingerprint density at radius 1 is 1.09 bits per heavy atom. The first kappa shape index (κ1) is 19.6. The number of methoxy groups -OCH3 is 1. The lowest BCUT2D eigenvalue weighted by atomic mass is 10.1. The molecule has 32 heavy (non-hydrogen) atoms. The van der Waals surface area contributed by atoms with Crippen molar-refractivity contribution in [3.8, 4) is 17.3 Å². The molecular weight excluding hydrogens is 432 g/mol. The Balaban J connectivity index is 1.40. The molecule has 0 radical (unpaired) electrons. The number of ether oxygens (including phenoxy) is 1. The molecule has 0 spiro atoms. The van der Waals surface area contributed by atoms with Gasteiger partial charge >= 0.3 is 0 Å². The number of hydrogen-bond acceptors (Lipinski definition) is 7. The zero-order valence-corrected chi connectivity index (χ0v) is 17.4. The van der Waals surface area contributed by atoms with Gasteiger partial charge in [0.1, 0.15) is 24.2 Å². The van der Waals surface area contributed by atoms with Crippen LogP contribution in [0, 0.1) is 0 Å². The molecule has 0 fully saturated rings. The van der Waals surface area contributed by atoms with Crippen LogP contribution in [-0.2, 0) is 0 Å². The maximum atomic E-state index is 12.9. The molecule has 0 aliphatic heterocycles. The third kappa shape index (κ3) is 3.52. The fourth-order valence-corrected chi connectivity index (χ4v) is 3.53. The molecule has 1 amide bonds. The second-order valence-electron chi connectivity index (χ2n) is 6.72. The summed E-state index contributed by atoms with van der Waals surface area (Å²) in [6, 6.07) is 14.4. The number of para-hydroxylation sites is 2. The zero-order chi connectivity index (χ0) is 22.1. The highest BCUT2D eigenvalue weighted by Crippen LogP contribution is 2.30. The van der Waals surface area contributed by atoms with Crippen molar-refractivity contribution in [1.29, 1.82) is 0 Å². The monoisotopic (exact) mass is 446 g/mol. The molecule has 158 valence electrons. The molecular formula is C21H15ClN8O2. The molecule has 0 aliphatic rings. The Bertz CT molecular complexity index is 1410. The minimum atomic E-state index is -0.394. The number of pyridine rings is 1. The van der Waals surface area contributed by atoms with Crippen molar-refractivity contribution >= 4 is 34.2 Å². The van der Waals surface area contributed by atoms with E-state index in [0.717, 1.165) is 11.0 Å². The van der Waals surface area contributed by atoms with Crippen LogP contribution >= 0.6 is 11.6 Å². The van der Waals surface area contributed by atoms with Gasteiger partial charge in [-0.2, -0.15) is 4.68 Å². The van der Waals surface area contributed by atoms with Gasteiger partial charge in [-0.05, 0) is 40.8 Å². The summed E-state index contributed by atoms with van der Waals surface area (Å²) in [6.07, 6.45) is 4.69. The number of amides is 1. The number of carbonyl (C=O) groups excluding carboxylic acids is 1. The van der Waals surface area contributed by atoms with Gasteiger partial charge in [-0.3, -0.25) is 9.36 Å². The highest BCUT2D eigenvalue weighted by molar-refractivity contribution is 6.33. The number of nitrogens with zero attached hydrogens (tertiary/aromatic N) is 7. The summed E-state index contributed by atoms with van der Waals surface area (Å²) in [7, 11) is 1.47. The summed E-state index contributed by atoms with van der Waals surface area (Å²) in [5, 5.41) is 14.1. The molecule has 2 aromatic carbocycles. The smallest absolute Gasteiger partial charge is 0.259 e. The van der Waals surface area contributed by atoms with Crippen molar-refractivity contribution in [2.24, 2.45) is 0 Å². The first-order valence-electron chi connectivity index (χ1n) is 9.45. The number of imidazole rings is 1. The highest BCUT2D eigenvalue weighted by atomic mass is 35.5. The SMILES string of the molecule is COc1cc(-n2cnnn2)c(Cl)cc1C(=O)Nc1ccc(-n2cnc3ccccc32)nc1. The van der Waals surface area contributed by atoms with Crippen molar-refractivity contribution < 1.29 is 9.53 Å². The van der Waals surface area contributed by atoms with Gasteiger partial charge in [0.25, 0.3) is 5.91 Å². The summed E-state index contributed by atoms with van der Waals surface area (Å²) < 4.78 is 8.64. The van der Waals surface area contributed by atoms with Crippen molar-refractivity contribution in [2.45, 2.75) is 0 Å². The van der Waals surface area contributed by atoms with E-state index in [-0.39, 0.29) is 5.56 Å². The van der Waals surface area contributed by atoms with Gasteiger partial charge in [0, 0.05) is 6.07 Å². The van der Waals surface area contributed by atoms with Gasteiger partial charge in [0.05, 0.1) is 46.3 Å². The van der Waals surface area contributed by atoms with E-state index in [2.05, 4.69) is 30.8 Å². The minimum Gasteiger partial charge on any atom is -0.496 e. The quantitative estimate of drug-likeness (QED) is 0.440. The number of fused-ring (bicyclic) bond motifs is 1. The van der Waals surface area contributed by atoms with Crippen LogP contribution in [0.2, 0.25) is 5.02 Å². The summed E-state index contributed by atoms with van der Waals surface area (Å²) in [6.45, 7) is 0. The molecule has 10 nitrogen and oxygen atoms in total. The topological polar surface area (TPSA) is 113 Å². The van der Waals surface area contributed by atoms with Gasteiger partial charge in [-0.15, -0.1) is 5.10 Å². The molecule has 0 saturated heterocycles. The number of hydrogen-bond donors (Lipinski definition) is 1. The summed E-state index contributed by atoms with van der Waals surface area (Å²) in [5.41, 5.74) is 3.09. The molecule has 0 atom stereocenters. The first-order chi connectivity index (χ1) is 15.6. The van der Waals surface area contributed by atoms with E-state index in [4.69, 9.17) is 16.3 Å². The highest BCUT2D eigenvalue weighted by Gasteiger charge is 2.18. The number of anilines is 1. The van der Waals surface area contributed by atoms with E-state index in [1.807, 2.05) is 28.8 Å². The molecule has 0 aliphatic carbocycles. The molecule has 3 heterocycles. The standard InChI is InChI=1S/C21H15ClN8O2/c1-32-19-9-18(30-12-25-27-28-30)15(22)8-14(19)21(31)26-13-6-7-20(23-10-13)29-11-24-16-4-2-3-5-17(16)29/h2-12H,1H3,(H,26,31). The van der Waals surface area contributed by atoms with Crippen molar-refractivity contribution in [2.75, 3.05) is 12.4 Å². The lowest BCUT2D eigenvalue weighted by Crippen LogP contribution is -2.14. The van der Waals surface area contributed by atoms with Crippen molar-refractivity contribution in [1.82, 2.24) is 34.7 Å². The van der Waals surface area contributed by atoms with E-state index in [1.165, 1.54) is 24.2 Å². The predicted octanol–water partition coefficient (Wildman–Crippen LogP) is 3.31. The van der Waals surface area contributed by atoms with E-state index < -0.39 is 5.91 Å². The Morgan fingerprint density at radius 3 is 2.72 bits per heavy atom. The molecule has 5 aromatic rings. The van der Waals surface area contributed by atoms with Crippen LogP contribution in [0.3, 0.4) is 0 Å². The number of nitrogens with one attached hydrogen (secondary N) is 1.